The molecule has 0 aromatic rings. The van der Waals surface area contributed by atoms with Crippen LogP contribution in [0.4, 0.5) is 0 Å². The van der Waals surface area contributed by atoms with Gasteiger partial charge in [-0.05, 0) is 57.5 Å². The topological polar surface area (TPSA) is 33.3 Å². The van der Waals surface area contributed by atoms with Crippen LogP contribution in [0.15, 0.2) is 0 Å². The molecule has 0 amide bonds. The fraction of sp³-hybridized carbons (Fsp3) is 1.00. The van der Waals surface area contributed by atoms with Crippen molar-refractivity contribution in [2.45, 2.75) is 64.0 Å². The summed E-state index contributed by atoms with van der Waals surface area (Å²) in [5.74, 6) is 0.879. The van der Waals surface area contributed by atoms with Gasteiger partial charge in [0.15, 0.2) is 0 Å². The molecule has 0 bridgehead atoms. The van der Waals surface area contributed by atoms with Gasteiger partial charge in [0, 0.05) is 25.3 Å². The van der Waals surface area contributed by atoms with Crippen molar-refractivity contribution < 1.29 is 4.74 Å². The van der Waals surface area contributed by atoms with Crippen molar-refractivity contribution in [3.05, 3.63) is 0 Å². The predicted molar refractivity (Wildman–Crippen MR) is 75.9 cm³/mol. The van der Waals surface area contributed by atoms with Gasteiger partial charge in [0.1, 0.15) is 0 Å². The molecule has 0 radical (unpaired) electrons. The van der Waals surface area contributed by atoms with Crippen molar-refractivity contribution in [3.63, 3.8) is 0 Å². The highest BCUT2D eigenvalue weighted by molar-refractivity contribution is 4.93. The van der Waals surface area contributed by atoms with Gasteiger partial charge in [-0.15, -0.1) is 0 Å². The van der Waals surface area contributed by atoms with Gasteiger partial charge in [-0.25, -0.2) is 0 Å². The summed E-state index contributed by atoms with van der Waals surface area (Å²) in [7, 11) is 0. The molecule has 2 rings (SSSR count). The van der Waals surface area contributed by atoms with Crippen LogP contribution in [0.1, 0.15) is 51.9 Å². The van der Waals surface area contributed by atoms with Gasteiger partial charge in [0.25, 0.3) is 0 Å². The summed E-state index contributed by atoms with van der Waals surface area (Å²) in [5.41, 5.74) is 0. The first kappa shape index (κ1) is 14.3. The molecule has 1 heterocycles. The van der Waals surface area contributed by atoms with E-state index in [1.54, 1.807) is 0 Å². The fourth-order valence-corrected chi connectivity index (χ4v) is 3.51. The highest BCUT2D eigenvalue weighted by atomic mass is 16.5. The van der Waals surface area contributed by atoms with Crippen molar-refractivity contribution in [2.24, 2.45) is 5.92 Å². The molecule has 2 aliphatic rings. The second kappa shape index (κ2) is 8.13. The zero-order valence-corrected chi connectivity index (χ0v) is 11.9. The van der Waals surface area contributed by atoms with Gasteiger partial charge in [0.2, 0.25) is 0 Å². The molecule has 1 aliphatic heterocycles. The Morgan fingerprint density at radius 2 is 2.11 bits per heavy atom. The van der Waals surface area contributed by atoms with Crippen LogP contribution in [0.3, 0.4) is 0 Å². The van der Waals surface area contributed by atoms with Crippen molar-refractivity contribution in [1.82, 2.24) is 10.6 Å². The Morgan fingerprint density at radius 1 is 1.17 bits per heavy atom. The molecule has 3 nitrogen and oxygen atoms in total. The molecule has 1 aliphatic carbocycles. The summed E-state index contributed by atoms with van der Waals surface area (Å²) >= 11 is 0. The summed E-state index contributed by atoms with van der Waals surface area (Å²) in [6, 6.07) is 1.55. The average molecular weight is 254 g/mol. The number of hydrogen-bond acceptors (Lipinski definition) is 3. The van der Waals surface area contributed by atoms with Crippen LogP contribution in [0.25, 0.3) is 0 Å². The monoisotopic (exact) mass is 254 g/mol. The van der Waals surface area contributed by atoms with Crippen molar-refractivity contribution >= 4 is 0 Å². The molecule has 0 aromatic heterocycles. The van der Waals surface area contributed by atoms with Crippen LogP contribution < -0.4 is 10.6 Å². The van der Waals surface area contributed by atoms with Gasteiger partial charge in [0.05, 0.1) is 0 Å². The van der Waals surface area contributed by atoms with Gasteiger partial charge in [-0.1, -0.05) is 13.3 Å². The third-order valence-corrected chi connectivity index (χ3v) is 4.41. The Bertz CT molecular complexity index is 217. The van der Waals surface area contributed by atoms with Crippen LogP contribution in [-0.2, 0) is 4.74 Å². The maximum atomic E-state index is 5.52. The summed E-state index contributed by atoms with van der Waals surface area (Å²) in [5, 5.41) is 7.45. The third-order valence-electron chi connectivity index (χ3n) is 4.41. The Labute approximate surface area is 112 Å². The van der Waals surface area contributed by atoms with E-state index in [2.05, 4.69) is 17.6 Å². The minimum absolute atomic E-state index is 0.756. The van der Waals surface area contributed by atoms with Gasteiger partial charge >= 0.3 is 0 Å². The van der Waals surface area contributed by atoms with Crippen LogP contribution in [0.2, 0.25) is 0 Å². The molecule has 1 saturated heterocycles. The Kier molecular flexibility index (Phi) is 6.46. The van der Waals surface area contributed by atoms with E-state index >= 15 is 0 Å². The lowest BCUT2D eigenvalue weighted by Crippen LogP contribution is -2.42. The van der Waals surface area contributed by atoms with Crippen LogP contribution in [-0.4, -0.2) is 38.4 Å². The summed E-state index contributed by atoms with van der Waals surface area (Å²) in [6.07, 6.45) is 9.25. The van der Waals surface area contributed by atoms with Crippen molar-refractivity contribution in [2.75, 3.05) is 26.3 Å². The lowest BCUT2D eigenvalue weighted by Gasteiger charge is -2.26. The second-order valence-electron chi connectivity index (χ2n) is 5.82. The SMILES string of the molecule is CCCOCCCNC1CCCC1C1CCCN1. The van der Waals surface area contributed by atoms with Gasteiger partial charge in [-0.3, -0.25) is 0 Å². The van der Waals surface area contributed by atoms with E-state index in [0.29, 0.717) is 0 Å². The number of rotatable bonds is 8. The maximum Gasteiger partial charge on any atom is 0.0478 e. The summed E-state index contributed by atoms with van der Waals surface area (Å²) in [4.78, 5) is 0. The molecular formula is C15H30N2O. The Hall–Kier alpha value is -0.120. The van der Waals surface area contributed by atoms with E-state index in [-0.39, 0.29) is 0 Å². The molecule has 2 fully saturated rings. The minimum atomic E-state index is 0.756. The second-order valence-corrected chi connectivity index (χ2v) is 5.82. The first-order valence-electron chi connectivity index (χ1n) is 7.96. The smallest absolute Gasteiger partial charge is 0.0478 e. The Morgan fingerprint density at radius 3 is 2.89 bits per heavy atom. The molecular weight excluding hydrogens is 224 g/mol. The zero-order valence-electron chi connectivity index (χ0n) is 11.9. The minimum Gasteiger partial charge on any atom is -0.381 e. The van der Waals surface area contributed by atoms with Gasteiger partial charge in [-0.2, -0.15) is 0 Å². The lowest BCUT2D eigenvalue weighted by molar-refractivity contribution is 0.131. The molecule has 0 aromatic carbocycles. The lowest BCUT2D eigenvalue weighted by atomic mass is 9.93. The van der Waals surface area contributed by atoms with Crippen LogP contribution in [0, 0.1) is 5.92 Å². The molecule has 106 valence electrons. The van der Waals surface area contributed by atoms with Crippen molar-refractivity contribution in [1.29, 1.82) is 0 Å². The van der Waals surface area contributed by atoms with E-state index in [0.717, 1.165) is 50.6 Å². The first-order chi connectivity index (χ1) is 8.92. The quantitative estimate of drug-likeness (QED) is 0.652. The molecule has 3 unspecified atom stereocenters. The highest BCUT2D eigenvalue weighted by Gasteiger charge is 2.34. The van der Waals surface area contributed by atoms with E-state index in [1.807, 2.05) is 0 Å². The summed E-state index contributed by atoms with van der Waals surface area (Å²) in [6.45, 7) is 6.35. The van der Waals surface area contributed by atoms with E-state index in [1.165, 1.54) is 38.6 Å². The van der Waals surface area contributed by atoms with Gasteiger partial charge < -0.3 is 15.4 Å². The van der Waals surface area contributed by atoms with Crippen molar-refractivity contribution in [3.8, 4) is 0 Å². The Balaban J connectivity index is 1.59. The van der Waals surface area contributed by atoms with E-state index in [4.69, 9.17) is 4.74 Å². The zero-order chi connectivity index (χ0) is 12.6. The molecule has 2 N–H and O–H groups in total. The number of hydrogen-bond donors (Lipinski definition) is 2. The molecule has 3 atom stereocenters. The fourth-order valence-electron chi connectivity index (χ4n) is 3.51. The molecule has 0 spiro atoms. The normalized spacial score (nSPS) is 32.2. The predicted octanol–water partition coefficient (Wildman–Crippen LogP) is 2.31. The number of ether oxygens (including phenoxy) is 1. The highest BCUT2D eigenvalue weighted by Crippen LogP contribution is 2.31. The van der Waals surface area contributed by atoms with Crippen LogP contribution in [0.5, 0.6) is 0 Å². The molecule has 1 saturated carbocycles. The first-order valence-corrected chi connectivity index (χ1v) is 7.96. The average Bonchev–Trinajstić information content (AvgIpc) is 3.03. The third kappa shape index (κ3) is 4.22. The van der Waals surface area contributed by atoms with E-state index in [9.17, 15) is 0 Å². The number of nitrogens with one attached hydrogen (secondary N) is 2. The molecule has 3 heteroatoms. The maximum absolute atomic E-state index is 5.52. The largest absolute Gasteiger partial charge is 0.381 e. The van der Waals surface area contributed by atoms with Crippen LogP contribution >= 0.6 is 0 Å². The summed E-state index contributed by atoms with van der Waals surface area (Å²) < 4.78 is 5.52. The standard InChI is InChI=1S/C15H30N2O/c1-2-11-18-12-5-10-17-14-7-3-6-13(14)15-8-4-9-16-15/h13-17H,2-12H2,1H3. The molecule has 18 heavy (non-hydrogen) atoms. The van der Waals surface area contributed by atoms with E-state index < -0.39 is 0 Å².